The fourth-order valence-electron chi connectivity index (χ4n) is 2.25. The van der Waals surface area contributed by atoms with Gasteiger partial charge in [-0.2, -0.15) is 0 Å². The molecule has 2 heterocycles. The van der Waals surface area contributed by atoms with Gasteiger partial charge in [0.1, 0.15) is 23.7 Å². The Labute approximate surface area is 139 Å². The van der Waals surface area contributed by atoms with Crippen LogP contribution in [-0.2, 0) is 11.3 Å². The van der Waals surface area contributed by atoms with Gasteiger partial charge in [-0.3, -0.25) is 0 Å². The normalized spacial score (nSPS) is 10.7. The van der Waals surface area contributed by atoms with Crippen LogP contribution in [-0.4, -0.2) is 35.2 Å². The average Bonchev–Trinajstić information content (AvgIpc) is 2.61. The lowest BCUT2D eigenvalue weighted by molar-refractivity contribution is 0.130. The third-order valence-corrected chi connectivity index (χ3v) is 3.49. The van der Waals surface area contributed by atoms with Gasteiger partial charge in [0.15, 0.2) is 5.65 Å². The van der Waals surface area contributed by atoms with Gasteiger partial charge in [-0.05, 0) is 29.8 Å². The molecule has 0 aliphatic heterocycles. The zero-order valence-electron chi connectivity index (χ0n) is 13.4. The molecule has 0 aliphatic carbocycles. The summed E-state index contributed by atoms with van der Waals surface area (Å²) in [5, 5.41) is 4.07. The zero-order valence-corrected chi connectivity index (χ0v) is 13.4. The standard InChI is InChI=1S/C17H19N5O2/c1-23-13-4-2-12(3-5-13)10-24-9-8-19-16-14-6-7-15(18)22-17(14)21-11-20-16/h2-7,11H,8-10H2,1H3,(H3,18,19,20,21,22). The van der Waals surface area contributed by atoms with Gasteiger partial charge in [-0.25, -0.2) is 15.0 Å². The number of nitrogens with one attached hydrogen (secondary N) is 1. The quantitative estimate of drug-likeness (QED) is 0.643. The number of nitrogens with two attached hydrogens (primary N) is 1. The van der Waals surface area contributed by atoms with Crippen molar-refractivity contribution in [1.82, 2.24) is 15.0 Å². The number of nitrogens with zero attached hydrogens (tertiary/aromatic N) is 3. The molecule has 0 aliphatic rings. The predicted molar refractivity (Wildman–Crippen MR) is 92.9 cm³/mol. The molecule has 0 unspecified atom stereocenters. The molecule has 0 fully saturated rings. The second-order valence-corrected chi connectivity index (χ2v) is 5.16. The molecule has 0 atom stereocenters. The summed E-state index contributed by atoms with van der Waals surface area (Å²) >= 11 is 0. The molecule has 24 heavy (non-hydrogen) atoms. The molecule has 124 valence electrons. The number of hydrogen-bond donors (Lipinski definition) is 2. The summed E-state index contributed by atoms with van der Waals surface area (Å²) in [4.78, 5) is 12.5. The monoisotopic (exact) mass is 325 g/mol. The fraction of sp³-hybridized carbons (Fsp3) is 0.235. The Morgan fingerprint density at radius 1 is 1.08 bits per heavy atom. The van der Waals surface area contributed by atoms with Crippen LogP contribution in [0, 0.1) is 0 Å². The number of aromatic nitrogens is 3. The third kappa shape index (κ3) is 3.88. The second kappa shape index (κ2) is 7.56. The van der Waals surface area contributed by atoms with Crippen LogP contribution in [0.15, 0.2) is 42.7 Å². The average molecular weight is 325 g/mol. The van der Waals surface area contributed by atoms with Crippen LogP contribution in [0.3, 0.4) is 0 Å². The molecule has 2 aromatic heterocycles. The Kier molecular flexibility index (Phi) is 5.02. The van der Waals surface area contributed by atoms with Gasteiger partial charge in [0, 0.05) is 6.54 Å². The van der Waals surface area contributed by atoms with E-state index in [1.54, 1.807) is 13.2 Å². The first kappa shape index (κ1) is 15.9. The minimum Gasteiger partial charge on any atom is -0.497 e. The summed E-state index contributed by atoms with van der Waals surface area (Å²) in [6.45, 7) is 1.74. The highest BCUT2D eigenvalue weighted by molar-refractivity contribution is 5.86. The summed E-state index contributed by atoms with van der Waals surface area (Å²) in [7, 11) is 1.65. The molecule has 3 aromatic rings. The molecular weight excluding hydrogens is 306 g/mol. The van der Waals surface area contributed by atoms with Crippen molar-refractivity contribution in [3.05, 3.63) is 48.3 Å². The van der Waals surface area contributed by atoms with E-state index in [-0.39, 0.29) is 0 Å². The zero-order chi connectivity index (χ0) is 16.8. The maximum absolute atomic E-state index is 5.67. The lowest BCUT2D eigenvalue weighted by atomic mass is 10.2. The Balaban J connectivity index is 1.50. The summed E-state index contributed by atoms with van der Waals surface area (Å²) in [5.41, 5.74) is 7.34. The Morgan fingerprint density at radius 3 is 2.71 bits per heavy atom. The van der Waals surface area contributed by atoms with Gasteiger partial charge < -0.3 is 20.5 Å². The van der Waals surface area contributed by atoms with Gasteiger partial charge in [0.2, 0.25) is 0 Å². The number of methoxy groups -OCH3 is 1. The molecule has 0 spiro atoms. The minimum absolute atomic E-state index is 0.440. The molecule has 1 aromatic carbocycles. The first-order chi connectivity index (χ1) is 11.8. The van der Waals surface area contributed by atoms with Crippen molar-refractivity contribution >= 4 is 22.7 Å². The van der Waals surface area contributed by atoms with E-state index in [1.807, 2.05) is 30.3 Å². The number of rotatable bonds is 7. The number of fused-ring (bicyclic) bond motifs is 1. The van der Waals surface area contributed by atoms with Crippen molar-refractivity contribution in [3.63, 3.8) is 0 Å². The number of benzene rings is 1. The highest BCUT2D eigenvalue weighted by atomic mass is 16.5. The van der Waals surface area contributed by atoms with Gasteiger partial charge in [-0.15, -0.1) is 0 Å². The summed E-state index contributed by atoms with van der Waals surface area (Å²) < 4.78 is 10.8. The maximum atomic E-state index is 5.67. The first-order valence-corrected chi connectivity index (χ1v) is 7.58. The number of pyridine rings is 1. The van der Waals surface area contributed by atoms with Gasteiger partial charge >= 0.3 is 0 Å². The van der Waals surface area contributed by atoms with E-state index in [9.17, 15) is 0 Å². The lowest BCUT2D eigenvalue weighted by Crippen LogP contribution is -2.11. The van der Waals surface area contributed by atoms with Crippen molar-refractivity contribution in [3.8, 4) is 5.75 Å². The van der Waals surface area contributed by atoms with E-state index in [1.165, 1.54) is 6.33 Å². The highest BCUT2D eigenvalue weighted by Gasteiger charge is 2.04. The number of hydrogen-bond acceptors (Lipinski definition) is 7. The Hall–Kier alpha value is -2.93. The molecule has 0 amide bonds. The SMILES string of the molecule is COc1ccc(COCCNc2ncnc3nc(N)ccc23)cc1. The Morgan fingerprint density at radius 2 is 1.92 bits per heavy atom. The van der Waals surface area contributed by atoms with Crippen molar-refractivity contribution in [1.29, 1.82) is 0 Å². The van der Waals surface area contributed by atoms with Crippen LogP contribution < -0.4 is 15.8 Å². The molecule has 3 N–H and O–H groups in total. The topological polar surface area (TPSA) is 95.2 Å². The predicted octanol–water partition coefficient (Wildman–Crippen LogP) is 2.24. The largest absolute Gasteiger partial charge is 0.497 e. The van der Waals surface area contributed by atoms with E-state index in [0.717, 1.165) is 22.5 Å². The van der Waals surface area contributed by atoms with Crippen molar-refractivity contribution in [2.24, 2.45) is 0 Å². The molecule has 7 nitrogen and oxygen atoms in total. The highest BCUT2D eigenvalue weighted by Crippen LogP contribution is 2.18. The number of anilines is 2. The lowest BCUT2D eigenvalue weighted by Gasteiger charge is -2.09. The number of ether oxygens (including phenoxy) is 2. The molecule has 3 rings (SSSR count). The minimum atomic E-state index is 0.440. The number of nitrogen functional groups attached to an aromatic ring is 1. The van der Waals surface area contributed by atoms with E-state index < -0.39 is 0 Å². The van der Waals surface area contributed by atoms with Crippen molar-refractivity contribution in [2.45, 2.75) is 6.61 Å². The van der Waals surface area contributed by atoms with Crippen molar-refractivity contribution in [2.75, 3.05) is 31.3 Å². The molecule has 0 bridgehead atoms. The smallest absolute Gasteiger partial charge is 0.166 e. The van der Waals surface area contributed by atoms with E-state index in [0.29, 0.717) is 31.2 Å². The van der Waals surface area contributed by atoms with E-state index in [4.69, 9.17) is 15.2 Å². The maximum Gasteiger partial charge on any atom is 0.166 e. The van der Waals surface area contributed by atoms with Crippen LogP contribution in [0.25, 0.3) is 11.0 Å². The molecular formula is C17H19N5O2. The van der Waals surface area contributed by atoms with Gasteiger partial charge in [0.25, 0.3) is 0 Å². The molecule has 0 saturated heterocycles. The first-order valence-electron chi connectivity index (χ1n) is 7.58. The van der Waals surface area contributed by atoms with Crippen LogP contribution >= 0.6 is 0 Å². The van der Waals surface area contributed by atoms with Gasteiger partial charge in [0.05, 0.1) is 25.7 Å². The Bertz CT molecular complexity index is 808. The van der Waals surface area contributed by atoms with Gasteiger partial charge in [-0.1, -0.05) is 12.1 Å². The van der Waals surface area contributed by atoms with Crippen LogP contribution in [0.4, 0.5) is 11.6 Å². The molecule has 0 saturated carbocycles. The van der Waals surface area contributed by atoms with Crippen LogP contribution in [0.5, 0.6) is 5.75 Å². The summed E-state index contributed by atoms with van der Waals surface area (Å²) in [6, 6.07) is 11.4. The van der Waals surface area contributed by atoms with E-state index >= 15 is 0 Å². The summed E-state index contributed by atoms with van der Waals surface area (Å²) in [6.07, 6.45) is 1.47. The van der Waals surface area contributed by atoms with Crippen LogP contribution in [0.1, 0.15) is 5.56 Å². The van der Waals surface area contributed by atoms with Crippen LogP contribution in [0.2, 0.25) is 0 Å². The summed E-state index contributed by atoms with van der Waals surface area (Å²) in [5.74, 6) is 2.00. The fourth-order valence-corrected chi connectivity index (χ4v) is 2.25. The second-order valence-electron chi connectivity index (χ2n) is 5.16. The van der Waals surface area contributed by atoms with E-state index in [2.05, 4.69) is 20.3 Å². The molecule has 7 heteroatoms. The third-order valence-electron chi connectivity index (χ3n) is 3.49. The molecule has 0 radical (unpaired) electrons. The van der Waals surface area contributed by atoms with Crippen molar-refractivity contribution < 1.29 is 9.47 Å².